The zero-order valence-corrected chi connectivity index (χ0v) is 11.0. The highest BCUT2D eigenvalue weighted by Crippen LogP contribution is 2.22. The van der Waals surface area contributed by atoms with E-state index in [0.717, 1.165) is 25.3 Å². The van der Waals surface area contributed by atoms with Crippen LogP contribution in [-0.2, 0) is 4.79 Å². The van der Waals surface area contributed by atoms with Gasteiger partial charge in [-0.25, -0.2) is 0 Å². The van der Waals surface area contributed by atoms with Gasteiger partial charge in [0.1, 0.15) is 18.1 Å². The van der Waals surface area contributed by atoms with E-state index in [4.69, 9.17) is 9.47 Å². The summed E-state index contributed by atoms with van der Waals surface area (Å²) in [4.78, 5) is 11.3. The molecule has 1 aromatic carbocycles. The Hall–Kier alpha value is -1.75. The zero-order valence-electron chi connectivity index (χ0n) is 11.0. The van der Waals surface area contributed by atoms with E-state index in [-0.39, 0.29) is 12.5 Å². The van der Waals surface area contributed by atoms with E-state index in [9.17, 15) is 9.90 Å². The molecule has 1 saturated heterocycles. The lowest BCUT2D eigenvalue weighted by molar-refractivity contribution is -0.144. The van der Waals surface area contributed by atoms with Gasteiger partial charge in [0, 0.05) is 0 Å². The Morgan fingerprint density at radius 2 is 2.11 bits per heavy atom. The normalized spacial score (nSPS) is 19.9. The summed E-state index contributed by atoms with van der Waals surface area (Å²) in [6.07, 6.45) is 0.892. The van der Waals surface area contributed by atoms with Gasteiger partial charge in [0.05, 0.1) is 13.0 Å². The standard InChI is InChI=1S/C14H19NO4/c1-18-11-2-4-12(5-3-11)19-9-13(14(16)17)10-6-7-15-8-10/h2-5,10,13,15H,6-9H2,1H3,(H,16,17). The van der Waals surface area contributed by atoms with Gasteiger partial charge in [0.2, 0.25) is 0 Å². The van der Waals surface area contributed by atoms with E-state index in [1.807, 2.05) is 0 Å². The molecule has 1 aromatic rings. The quantitative estimate of drug-likeness (QED) is 0.813. The largest absolute Gasteiger partial charge is 0.497 e. The van der Waals surface area contributed by atoms with Gasteiger partial charge >= 0.3 is 5.97 Å². The maximum absolute atomic E-state index is 11.3. The summed E-state index contributed by atoms with van der Waals surface area (Å²) < 4.78 is 10.6. The third kappa shape index (κ3) is 3.61. The van der Waals surface area contributed by atoms with Gasteiger partial charge in [-0.15, -0.1) is 0 Å². The summed E-state index contributed by atoms with van der Waals surface area (Å²) in [6.45, 7) is 1.84. The fourth-order valence-corrected chi connectivity index (χ4v) is 2.29. The van der Waals surface area contributed by atoms with Crippen LogP contribution in [0.25, 0.3) is 0 Å². The Kier molecular flexibility index (Phi) is 4.63. The second-order valence-corrected chi connectivity index (χ2v) is 4.68. The highest BCUT2D eigenvalue weighted by molar-refractivity contribution is 5.70. The Labute approximate surface area is 112 Å². The minimum Gasteiger partial charge on any atom is -0.497 e. The Bertz CT molecular complexity index is 412. The number of methoxy groups -OCH3 is 1. The first-order valence-electron chi connectivity index (χ1n) is 6.41. The lowest BCUT2D eigenvalue weighted by Crippen LogP contribution is -2.30. The molecular weight excluding hydrogens is 246 g/mol. The smallest absolute Gasteiger partial charge is 0.310 e. The first-order chi connectivity index (χ1) is 9.20. The molecule has 2 N–H and O–H groups in total. The van der Waals surface area contributed by atoms with Gasteiger partial charge in [-0.05, 0) is 49.7 Å². The van der Waals surface area contributed by atoms with Crippen LogP contribution in [0.4, 0.5) is 0 Å². The number of ether oxygens (including phenoxy) is 2. The van der Waals surface area contributed by atoms with Crippen molar-refractivity contribution < 1.29 is 19.4 Å². The van der Waals surface area contributed by atoms with Gasteiger partial charge < -0.3 is 19.9 Å². The van der Waals surface area contributed by atoms with Crippen LogP contribution in [0.1, 0.15) is 6.42 Å². The number of carbonyl (C=O) groups is 1. The molecule has 0 spiro atoms. The maximum atomic E-state index is 11.3. The Balaban J connectivity index is 1.92. The number of hydrogen-bond donors (Lipinski definition) is 2. The lowest BCUT2D eigenvalue weighted by atomic mass is 9.92. The SMILES string of the molecule is COc1ccc(OCC(C(=O)O)C2CCNC2)cc1. The maximum Gasteiger partial charge on any atom is 0.310 e. The van der Waals surface area contributed by atoms with Gasteiger partial charge in [-0.2, -0.15) is 0 Å². The first-order valence-corrected chi connectivity index (χ1v) is 6.41. The van der Waals surface area contributed by atoms with Crippen molar-refractivity contribution in [2.24, 2.45) is 11.8 Å². The van der Waals surface area contributed by atoms with Crippen molar-refractivity contribution in [2.45, 2.75) is 6.42 Å². The first kappa shape index (κ1) is 13.7. The predicted octanol–water partition coefficient (Wildman–Crippen LogP) is 1.38. The van der Waals surface area contributed by atoms with Crippen LogP contribution < -0.4 is 14.8 Å². The van der Waals surface area contributed by atoms with Crippen LogP contribution in [0.3, 0.4) is 0 Å². The Morgan fingerprint density at radius 1 is 1.42 bits per heavy atom. The molecule has 5 nitrogen and oxygen atoms in total. The lowest BCUT2D eigenvalue weighted by Gasteiger charge is -2.19. The summed E-state index contributed by atoms with van der Waals surface area (Å²) in [5.41, 5.74) is 0. The van der Waals surface area contributed by atoms with Crippen LogP contribution in [0.15, 0.2) is 24.3 Å². The van der Waals surface area contributed by atoms with E-state index in [1.165, 1.54) is 0 Å². The van der Waals surface area contributed by atoms with E-state index in [1.54, 1.807) is 31.4 Å². The molecule has 2 rings (SSSR count). The number of carboxylic acids is 1. The molecule has 1 fully saturated rings. The average Bonchev–Trinajstić information content (AvgIpc) is 2.93. The van der Waals surface area contributed by atoms with Crippen LogP contribution in [-0.4, -0.2) is 37.9 Å². The van der Waals surface area contributed by atoms with Crippen molar-refractivity contribution in [1.82, 2.24) is 5.32 Å². The number of aliphatic carboxylic acids is 1. The second-order valence-electron chi connectivity index (χ2n) is 4.68. The number of carboxylic acid groups (broad SMARTS) is 1. The molecule has 0 saturated carbocycles. The minimum absolute atomic E-state index is 0.149. The molecule has 0 amide bonds. The van der Waals surface area contributed by atoms with E-state index in [0.29, 0.717) is 5.75 Å². The molecule has 1 aliphatic rings. The molecule has 1 heterocycles. The topological polar surface area (TPSA) is 67.8 Å². The van der Waals surface area contributed by atoms with Crippen molar-refractivity contribution in [3.63, 3.8) is 0 Å². The van der Waals surface area contributed by atoms with Gasteiger partial charge in [-0.3, -0.25) is 4.79 Å². The summed E-state index contributed by atoms with van der Waals surface area (Å²) in [5, 5.41) is 12.5. The van der Waals surface area contributed by atoms with E-state index < -0.39 is 11.9 Å². The van der Waals surface area contributed by atoms with Crippen LogP contribution >= 0.6 is 0 Å². The second kappa shape index (κ2) is 6.43. The number of rotatable bonds is 6. The highest BCUT2D eigenvalue weighted by atomic mass is 16.5. The molecule has 19 heavy (non-hydrogen) atoms. The molecule has 0 bridgehead atoms. The molecule has 0 aliphatic carbocycles. The minimum atomic E-state index is -0.790. The molecule has 2 unspecified atom stereocenters. The Morgan fingerprint density at radius 3 is 2.63 bits per heavy atom. The summed E-state index contributed by atoms with van der Waals surface area (Å²) in [5.74, 6) is 0.315. The number of nitrogens with one attached hydrogen (secondary N) is 1. The van der Waals surface area contributed by atoms with E-state index in [2.05, 4.69) is 5.32 Å². The fourth-order valence-electron chi connectivity index (χ4n) is 2.29. The van der Waals surface area contributed by atoms with Gasteiger partial charge in [0.25, 0.3) is 0 Å². The molecule has 5 heteroatoms. The molecule has 0 aromatic heterocycles. The third-order valence-electron chi connectivity index (χ3n) is 3.47. The summed E-state index contributed by atoms with van der Waals surface area (Å²) in [7, 11) is 1.60. The number of hydrogen-bond acceptors (Lipinski definition) is 4. The average molecular weight is 265 g/mol. The number of benzene rings is 1. The van der Waals surface area contributed by atoms with Crippen molar-refractivity contribution in [2.75, 3.05) is 26.8 Å². The fraction of sp³-hybridized carbons (Fsp3) is 0.500. The molecule has 1 aliphatic heterocycles. The monoisotopic (exact) mass is 265 g/mol. The van der Waals surface area contributed by atoms with Crippen molar-refractivity contribution >= 4 is 5.97 Å². The van der Waals surface area contributed by atoms with Gasteiger partial charge in [-0.1, -0.05) is 0 Å². The van der Waals surface area contributed by atoms with Crippen molar-refractivity contribution in [3.8, 4) is 11.5 Å². The van der Waals surface area contributed by atoms with Crippen molar-refractivity contribution in [3.05, 3.63) is 24.3 Å². The summed E-state index contributed by atoms with van der Waals surface area (Å²) in [6, 6.07) is 7.15. The summed E-state index contributed by atoms with van der Waals surface area (Å²) >= 11 is 0. The van der Waals surface area contributed by atoms with Crippen molar-refractivity contribution in [1.29, 1.82) is 0 Å². The highest BCUT2D eigenvalue weighted by Gasteiger charge is 2.31. The molecule has 2 atom stereocenters. The van der Waals surface area contributed by atoms with Crippen LogP contribution in [0.2, 0.25) is 0 Å². The molecular formula is C14H19NO4. The predicted molar refractivity (Wildman–Crippen MR) is 70.6 cm³/mol. The molecule has 104 valence electrons. The van der Waals surface area contributed by atoms with E-state index >= 15 is 0 Å². The van der Waals surface area contributed by atoms with Gasteiger partial charge in [0.15, 0.2) is 0 Å². The molecule has 0 radical (unpaired) electrons. The third-order valence-corrected chi connectivity index (χ3v) is 3.47. The van der Waals surface area contributed by atoms with Crippen LogP contribution in [0, 0.1) is 11.8 Å². The zero-order chi connectivity index (χ0) is 13.7. The van der Waals surface area contributed by atoms with Crippen LogP contribution in [0.5, 0.6) is 11.5 Å².